The number of hydrogen-bond donors (Lipinski definition) is 1. The molecule has 1 aliphatic heterocycles. The van der Waals surface area contributed by atoms with E-state index in [0.717, 1.165) is 37.2 Å². The molecule has 38 heavy (non-hydrogen) atoms. The summed E-state index contributed by atoms with van der Waals surface area (Å²) in [4.78, 5) is 33.5. The summed E-state index contributed by atoms with van der Waals surface area (Å²) in [6.45, 7) is 8.58. The number of amides is 1. The summed E-state index contributed by atoms with van der Waals surface area (Å²) in [5, 5.41) is 3.92. The van der Waals surface area contributed by atoms with Crippen LogP contribution in [0.15, 0.2) is 51.7 Å². The summed E-state index contributed by atoms with van der Waals surface area (Å²) in [6.07, 6.45) is 2.22. The predicted molar refractivity (Wildman–Crippen MR) is 156 cm³/mol. The predicted octanol–water partition coefficient (Wildman–Crippen LogP) is 6.35. The highest BCUT2D eigenvalue weighted by molar-refractivity contribution is 9.10. The molecule has 1 aromatic heterocycles. The minimum atomic E-state index is -0.431. The molecule has 4 rings (SSSR count). The molecule has 0 aliphatic carbocycles. The Balaban J connectivity index is 1.57. The summed E-state index contributed by atoms with van der Waals surface area (Å²) in [7, 11) is 2.11. The van der Waals surface area contributed by atoms with Crippen LogP contribution in [-0.4, -0.2) is 46.7 Å². The largest absolute Gasteiger partial charge is 0.445 e. The first kappa shape index (κ1) is 28.6. The summed E-state index contributed by atoms with van der Waals surface area (Å²) in [5.41, 5.74) is 1.40. The molecule has 1 aliphatic rings. The van der Waals surface area contributed by atoms with Crippen molar-refractivity contribution in [2.45, 2.75) is 65.1 Å². The molecule has 2 unspecified atom stereocenters. The van der Waals surface area contributed by atoms with Gasteiger partial charge in [-0.25, -0.2) is 9.78 Å². The number of alkyl carbamates (subject to hydrolysis) is 1. The Hall–Kier alpha value is -2.42. The van der Waals surface area contributed by atoms with Gasteiger partial charge in [0, 0.05) is 29.5 Å². The normalized spacial score (nSPS) is 18.5. The quantitative estimate of drug-likeness (QED) is 0.340. The molecule has 1 fully saturated rings. The third kappa shape index (κ3) is 6.96. The molecule has 3 aromatic rings. The van der Waals surface area contributed by atoms with Crippen LogP contribution < -0.4 is 10.9 Å². The van der Waals surface area contributed by atoms with Crippen LogP contribution in [0.2, 0.25) is 5.02 Å². The number of rotatable bonds is 7. The monoisotopic (exact) mass is 602 g/mol. The first-order chi connectivity index (χ1) is 18.0. The first-order valence-corrected chi connectivity index (χ1v) is 14.2. The van der Waals surface area contributed by atoms with Crippen molar-refractivity contribution in [3.63, 3.8) is 0 Å². The van der Waals surface area contributed by atoms with Crippen molar-refractivity contribution in [3.8, 4) is 0 Å². The van der Waals surface area contributed by atoms with E-state index in [0.29, 0.717) is 33.5 Å². The minimum Gasteiger partial charge on any atom is -0.445 e. The average molecular weight is 604 g/mol. The molecular formula is C29H36BrClN4O3. The van der Waals surface area contributed by atoms with E-state index in [1.54, 1.807) is 6.07 Å². The first-order valence-electron chi connectivity index (χ1n) is 13.1. The van der Waals surface area contributed by atoms with Gasteiger partial charge >= 0.3 is 6.09 Å². The number of benzene rings is 2. The van der Waals surface area contributed by atoms with Gasteiger partial charge in [-0.1, -0.05) is 62.7 Å². The van der Waals surface area contributed by atoms with Gasteiger partial charge < -0.3 is 15.0 Å². The number of nitrogens with zero attached hydrogens (tertiary/aromatic N) is 3. The van der Waals surface area contributed by atoms with E-state index < -0.39 is 6.09 Å². The van der Waals surface area contributed by atoms with Gasteiger partial charge in [-0.15, -0.1) is 0 Å². The van der Waals surface area contributed by atoms with Crippen LogP contribution in [0.1, 0.15) is 57.3 Å². The summed E-state index contributed by atoms with van der Waals surface area (Å²) < 4.78 is 7.95. The zero-order chi connectivity index (χ0) is 27.4. The number of likely N-dealkylation sites (N-methyl/N-ethyl adjacent to an activating group) is 1. The second kappa shape index (κ2) is 12.2. The van der Waals surface area contributed by atoms with Gasteiger partial charge in [0.05, 0.1) is 15.9 Å². The van der Waals surface area contributed by atoms with Crippen LogP contribution in [-0.2, 0) is 17.9 Å². The molecule has 0 radical (unpaired) electrons. The molecule has 0 bridgehead atoms. The Bertz CT molecular complexity index is 1340. The molecule has 204 valence electrons. The van der Waals surface area contributed by atoms with E-state index in [-0.39, 0.29) is 29.5 Å². The zero-order valence-electron chi connectivity index (χ0n) is 22.5. The maximum atomic E-state index is 13.8. The topological polar surface area (TPSA) is 76.5 Å². The SMILES string of the molecule is CN1CCCC(c2nc3cc(Br)c(Cl)cc3c(=O)n2CC(C)(C)C)C1CCNC(=O)OCc1ccccc1. The van der Waals surface area contributed by atoms with E-state index in [9.17, 15) is 9.59 Å². The number of likely N-dealkylation sites (tertiary alicyclic amines) is 1. The Morgan fingerprint density at radius 2 is 1.97 bits per heavy atom. The van der Waals surface area contributed by atoms with Crippen molar-refractivity contribution in [1.29, 1.82) is 0 Å². The fraction of sp³-hybridized carbons (Fsp3) is 0.483. The lowest BCUT2D eigenvalue weighted by molar-refractivity contribution is 0.128. The maximum Gasteiger partial charge on any atom is 0.407 e. The second-order valence-electron chi connectivity index (χ2n) is 11.3. The van der Waals surface area contributed by atoms with Crippen molar-refractivity contribution in [3.05, 3.63) is 73.7 Å². The van der Waals surface area contributed by atoms with Crippen molar-refractivity contribution >= 4 is 44.5 Å². The number of aromatic nitrogens is 2. The average Bonchev–Trinajstić information content (AvgIpc) is 2.86. The van der Waals surface area contributed by atoms with E-state index in [2.05, 4.69) is 54.0 Å². The highest BCUT2D eigenvalue weighted by atomic mass is 79.9. The lowest BCUT2D eigenvalue weighted by Gasteiger charge is -2.40. The van der Waals surface area contributed by atoms with Crippen LogP contribution in [0.5, 0.6) is 0 Å². The van der Waals surface area contributed by atoms with Crippen LogP contribution >= 0.6 is 27.5 Å². The Morgan fingerprint density at radius 1 is 1.24 bits per heavy atom. The summed E-state index contributed by atoms with van der Waals surface area (Å²) in [6, 6.07) is 13.3. The number of piperidine rings is 1. The molecule has 9 heteroatoms. The number of hydrogen-bond acceptors (Lipinski definition) is 5. The summed E-state index contributed by atoms with van der Waals surface area (Å²) in [5.74, 6) is 0.847. The zero-order valence-corrected chi connectivity index (χ0v) is 24.8. The molecule has 2 aromatic carbocycles. The smallest absolute Gasteiger partial charge is 0.407 e. The molecule has 0 spiro atoms. The Morgan fingerprint density at radius 3 is 2.68 bits per heavy atom. The van der Waals surface area contributed by atoms with E-state index >= 15 is 0 Å². The van der Waals surface area contributed by atoms with Crippen molar-refractivity contribution in [1.82, 2.24) is 19.8 Å². The third-order valence-corrected chi connectivity index (χ3v) is 8.17. The van der Waals surface area contributed by atoms with Gasteiger partial charge in [0.25, 0.3) is 5.56 Å². The molecule has 7 nitrogen and oxygen atoms in total. The van der Waals surface area contributed by atoms with Crippen LogP contribution in [0, 0.1) is 5.41 Å². The maximum absolute atomic E-state index is 13.8. The lowest BCUT2D eigenvalue weighted by Crippen LogP contribution is -2.46. The Kier molecular flexibility index (Phi) is 9.16. The second-order valence-corrected chi connectivity index (χ2v) is 12.5. The van der Waals surface area contributed by atoms with Crippen LogP contribution in [0.4, 0.5) is 4.79 Å². The number of carbonyl (C=O) groups excluding carboxylic acids is 1. The fourth-order valence-corrected chi connectivity index (χ4v) is 5.68. The Labute approximate surface area is 237 Å². The van der Waals surface area contributed by atoms with Crippen molar-refractivity contribution in [2.75, 3.05) is 20.1 Å². The van der Waals surface area contributed by atoms with Crippen molar-refractivity contribution in [2.24, 2.45) is 5.41 Å². The van der Waals surface area contributed by atoms with Gasteiger partial charge in [0.2, 0.25) is 0 Å². The number of halogens is 2. The van der Waals surface area contributed by atoms with Crippen molar-refractivity contribution < 1.29 is 9.53 Å². The molecule has 2 atom stereocenters. The number of ether oxygens (including phenoxy) is 1. The molecule has 1 saturated heterocycles. The highest BCUT2D eigenvalue weighted by Gasteiger charge is 2.34. The number of nitrogens with one attached hydrogen (secondary N) is 1. The third-order valence-electron chi connectivity index (χ3n) is 6.97. The minimum absolute atomic E-state index is 0.0461. The molecule has 1 N–H and O–H groups in total. The summed E-state index contributed by atoms with van der Waals surface area (Å²) >= 11 is 9.83. The standard InChI is InChI=1S/C29H36BrClN4O3/c1-29(2,3)18-35-26(33-24-16-22(30)23(31)15-21(24)27(35)36)20-11-8-14-34(4)25(20)12-13-32-28(37)38-17-19-9-6-5-7-10-19/h5-7,9-10,15-16,20,25H,8,11-14,17-18H2,1-4H3,(H,32,37). The van der Waals surface area contributed by atoms with Gasteiger partial charge in [-0.05, 0) is 71.9 Å². The lowest BCUT2D eigenvalue weighted by atomic mass is 9.85. The fourth-order valence-electron chi connectivity index (χ4n) is 5.19. The molecule has 0 saturated carbocycles. The molecule has 2 heterocycles. The molecular weight excluding hydrogens is 568 g/mol. The molecule has 1 amide bonds. The van der Waals surface area contributed by atoms with Gasteiger partial charge in [-0.3, -0.25) is 9.36 Å². The van der Waals surface area contributed by atoms with E-state index in [1.807, 2.05) is 41.0 Å². The van der Waals surface area contributed by atoms with Crippen LogP contribution in [0.3, 0.4) is 0 Å². The van der Waals surface area contributed by atoms with Gasteiger partial charge in [0.1, 0.15) is 12.4 Å². The van der Waals surface area contributed by atoms with Crippen LogP contribution in [0.25, 0.3) is 10.9 Å². The van der Waals surface area contributed by atoms with E-state index in [1.165, 1.54) is 0 Å². The van der Waals surface area contributed by atoms with Gasteiger partial charge in [0.15, 0.2) is 0 Å². The number of fused-ring (bicyclic) bond motifs is 1. The highest BCUT2D eigenvalue weighted by Crippen LogP contribution is 2.35. The van der Waals surface area contributed by atoms with E-state index in [4.69, 9.17) is 21.3 Å². The van der Waals surface area contributed by atoms with Gasteiger partial charge in [-0.2, -0.15) is 0 Å². The number of carbonyl (C=O) groups is 1.